The molecule has 0 heterocycles. The molecule has 0 spiro atoms. The van der Waals surface area contributed by atoms with E-state index in [0.29, 0.717) is 31.6 Å². The molecule has 0 aliphatic heterocycles. The van der Waals surface area contributed by atoms with Crippen LogP contribution in [-0.2, 0) is 14.4 Å². The highest BCUT2D eigenvalue weighted by atomic mass is 32.2. The van der Waals surface area contributed by atoms with Gasteiger partial charge in [0.15, 0.2) is 0 Å². The highest BCUT2D eigenvalue weighted by Crippen LogP contribution is 1.99. The van der Waals surface area contributed by atoms with Gasteiger partial charge in [0.2, 0.25) is 11.8 Å². The van der Waals surface area contributed by atoms with Crippen LogP contribution in [0, 0.1) is 0 Å². The Balaban J connectivity index is 3.44. The fourth-order valence-electron chi connectivity index (χ4n) is 1.31. The maximum atomic E-state index is 11.4. The van der Waals surface area contributed by atoms with Gasteiger partial charge in [-0.1, -0.05) is 0 Å². The van der Waals surface area contributed by atoms with Crippen LogP contribution in [0.15, 0.2) is 0 Å². The van der Waals surface area contributed by atoms with Gasteiger partial charge in [0.05, 0.1) is 5.75 Å². The van der Waals surface area contributed by atoms with E-state index in [2.05, 4.69) is 10.6 Å². The zero-order valence-electron chi connectivity index (χ0n) is 11.4. The number of thioether (sulfide) groups is 1. The first-order valence-corrected chi connectivity index (χ1v) is 7.43. The molecule has 0 aliphatic carbocycles. The number of carbonyl (C=O) groups excluding carboxylic acids is 2. The molecule has 0 rings (SSSR count). The Labute approximate surface area is 117 Å². The molecule has 0 aliphatic rings. The van der Waals surface area contributed by atoms with E-state index in [1.54, 1.807) is 0 Å². The van der Waals surface area contributed by atoms with Crippen molar-refractivity contribution in [3.63, 3.8) is 0 Å². The van der Waals surface area contributed by atoms with Crippen molar-refractivity contribution < 1.29 is 19.5 Å². The normalized spacial score (nSPS) is 10.3. The van der Waals surface area contributed by atoms with Crippen molar-refractivity contribution in [3.05, 3.63) is 0 Å². The molecule has 0 saturated heterocycles. The number of rotatable bonds is 10. The number of aliphatic carboxylic acids is 1. The molecule has 6 nitrogen and oxygen atoms in total. The third-order valence-electron chi connectivity index (χ3n) is 2.05. The lowest BCUT2D eigenvalue weighted by Gasteiger charge is -2.08. The molecular formula is C12H22N2O4S. The predicted octanol–water partition coefficient (Wildman–Crippen LogP) is 0.615. The summed E-state index contributed by atoms with van der Waals surface area (Å²) in [5, 5.41) is 13.9. The highest BCUT2D eigenvalue weighted by molar-refractivity contribution is 7.99. The second-order valence-electron chi connectivity index (χ2n) is 4.37. The van der Waals surface area contributed by atoms with E-state index in [0.717, 1.165) is 0 Å². The molecule has 0 fully saturated rings. The van der Waals surface area contributed by atoms with Gasteiger partial charge in [-0.05, 0) is 20.3 Å². The third-order valence-corrected chi connectivity index (χ3v) is 3.00. The van der Waals surface area contributed by atoms with Crippen LogP contribution in [0.3, 0.4) is 0 Å². The Kier molecular flexibility index (Phi) is 9.97. The van der Waals surface area contributed by atoms with E-state index in [-0.39, 0.29) is 23.6 Å². The zero-order chi connectivity index (χ0) is 14.7. The number of carboxylic acids is 1. The summed E-state index contributed by atoms with van der Waals surface area (Å²) in [6, 6.07) is 0.118. The molecule has 0 aromatic heterocycles. The van der Waals surface area contributed by atoms with Crippen LogP contribution in [0.4, 0.5) is 0 Å². The topological polar surface area (TPSA) is 95.5 Å². The second-order valence-corrected chi connectivity index (χ2v) is 5.48. The van der Waals surface area contributed by atoms with Crippen LogP contribution in [0.5, 0.6) is 0 Å². The average molecular weight is 290 g/mol. The van der Waals surface area contributed by atoms with E-state index >= 15 is 0 Å². The van der Waals surface area contributed by atoms with Crippen LogP contribution in [0.1, 0.15) is 33.1 Å². The fraction of sp³-hybridized carbons (Fsp3) is 0.750. The minimum Gasteiger partial charge on any atom is -0.481 e. The first-order chi connectivity index (χ1) is 8.91. The summed E-state index contributed by atoms with van der Waals surface area (Å²) in [6.45, 7) is 4.23. The lowest BCUT2D eigenvalue weighted by Crippen LogP contribution is -2.30. The van der Waals surface area contributed by atoms with E-state index in [9.17, 15) is 14.4 Å². The summed E-state index contributed by atoms with van der Waals surface area (Å²) in [5.41, 5.74) is 0. The molecule has 0 saturated carbocycles. The monoisotopic (exact) mass is 290 g/mol. The molecule has 3 N–H and O–H groups in total. The Morgan fingerprint density at radius 2 is 1.79 bits per heavy atom. The smallest absolute Gasteiger partial charge is 0.313 e. The molecule has 19 heavy (non-hydrogen) atoms. The largest absolute Gasteiger partial charge is 0.481 e. The molecule has 0 atom stereocenters. The lowest BCUT2D eigenvalue weighted by atomic mass is 10.2. The summed E-state index contributed by atoms with van der Waals surface area (Å²) in [4.78, 5) is 32.9. The summed E-state index contributed by atoms with van der Waals surface area (Å²) >= 11 is 1.26. The molecular weight excluding hydrogens is 268 g/mol. The summed E-state index contributed by atoms with van der Waals surface area (Å²) in [6.07, 6.45) is 1.18. The Bertz CT molecular complexity index is 308. The van der Waals surface area contributed by atoms with Crippen molar-refractivity contribution in [2.45, 2.75) is 39.2 Å². The van der Waals surface area contributed by atoms with E-state index in [4.69, 9.17) is 5.11 Å². The average Bonchev–Trinajstić information content (AvgIpc) is 2.27. The maximum absolute atomic E-state index is 11.4. The van der Waals surface area contributed by atoms with E-state index in [1.807, 2.05) is 13.8 Å². The first-order valence-electron chi connectivity index (χ1n) is 6.27. The third kappa shape index (κ3) is 13.0. The molecule has 0 radical (unpaired) electrons. The molecule has 7 heteroatoms. The van der Waals surface area contributed by atoms with Gasteiger partial charge in [-0.15, -0.1) is 11.8 Å². The van der Waals surface area contributed by atoms with Crippen molar-refractivity contribution in [1.82, 2.24) is 10.6 Å². The molecule has 0 unspecified atom stereocenters. The van der Waals surface area contributed by atoms with Gasteiger partial charge >= 0.3 is 5.97 Å². The molecule has 0 aromatic rings. The number of carbonyl (C=O) groups is 3. The number of nitrogens with one attached hydrogen (secondary N) is 2. The Morgan fingerprint density at radius 3 is 2.37 bits per heavy atom. The molecule has 110 valence electrons. The summed E-state index contributed by atoms with van der Waals surface area (Å²) in [7, 11) is 0. The van der Waals surface area contributed by atoms with Crippen LogP contribution in [-0.4, -0.2) is 47.0 Å². The van der Waals surface area contributed by atoms with Gasteiger partial charge < -0.3 is 15.7 Å². The van der Waals surface area contributed by atoms with E-state index in [1.165, 1.54) is 11.8 Å². The standard InChI is InChI=1S/C12H22N2O4S/c1-9(2)14-11(16)5-3-4-10(15)13-6-7-19-8-12(17)18/h9H,3-8H2,1-2H3,(H,13,15)(H,14,16)(H,17,18). The van der Waals surface area contributed by atoms with Crippen molar-refractivity contribution in [3.8, 4) is 0 Å². The van der Waals surface area contributed by atoms with Crippen LogP contribution < -0.4 is 10.6 Å². The quantitative estimate of drug-likeness (QED) is 0.513. The predicted molar refractivity (Wildman–Crippen MR) is 75.1 cm³/mol. The van der Waals surface area contributed by atoms with Crippen molar-refractivity contribution in [1.29, 1.82) is 0 Å². The number of amides is 2. The van der Waals surface area contributed by atoms with Gasteiger partial charge in [0.1, 0.15) is 0 Å². The van der Waals surface area contributed by atoms with Crippen LogP contribution in [0.25, 0.3) is 0 Å². The summed E-state index contributed by atoms with van der Waals surface area (Å²) < 4.78 is 0. The highest BCUT2D eigenvalue weighted by Gasteiger charge is 2.06. The SMILES string of the molecule is CC(C)NC(=O)CCCC(=O)NCCSCC(=O)O. The maximum Gasteiger partial charge on any atom is 0.313 e. The van der Waals surface area contributed by atoms with Crippen molar-refractivity contribution in [2.75, 3.05) is 18.1 Å². The molecule has 2 amide bonds. The minimum absolute atomic E-state index is 0.0418. The van der Waals surface area contributed by atoms with Gasteiger partial charge in [-0.25, -0.2) is 0 Å². The first kappa shape index (κ1) is 17.8. The van der Waals surface area contributed by atoms with Crippen molar-refractivity contribution >= 4 is 29.5 Å². The van der Waals surface area contributed by atoms with Gasteiger partial charge in [0, 0.05) is 31.2 Å². The Hall–Kier alpha value is -1.24. The zero-order valence-corrected chi connectivity index (χ0v) is 12.2. The van der Waals surface area contributed by atoms with Gasteiger partial charge in [-0.2, -0.15) is 0 Å². The minimum atomic E-state index is -0.854. The van der Waals surface area contributed by atoms with Crippen LogP contribution >= 0.6 is 11.8 Å². The van der Waals surface area contributed by atoms with E-state index < -0.39 is 5.97 Å². The number of hydrogen-bond acceptors (Lipinski definition) is 4. The van der Waals surface area contributed by atoms with Gasteiger partial charge in [-0.3, -0.25) is 14.4 Å². The number of hydrogen-bond donors (Lipinski definition) is 3. The van der Waals surface area contributed by atoms with Gasteiger partial charge in [0.25, 0.3) is 0 Å². The number of carboxylic acid groups (broad SMARTS) is 1. The fourth-order valence-corrected chi connectivity index (χ4v) is 1.88. The molecule has 0 aromatic carbocycles. The molecule has 0 bridgehead atoms. The Morgan fingerprint density at radius 1 is 1.16 bits per heavy atom. The summed E-state index contributed by atoms with van der Waals surface area (Å²) in [5.74, 6) is -0.377. The van der Waals surface area contributed by atoms with Crippen LogP contribution in [0.2, 0.25) is 0 Å². The second kappa shape index (κ2) is 10.7. The lowest BCUT2D eigenvalue weighted by molar-refractivity contribution is -0.134. The van der Waals surface area contributed by atoms with Crippen molar-refractivity contribution in [2.24, 2.45) is 0 Å².